The zero-order valence-electron chi connectivity index (χ0n) is 17.5. The summed E-state index contributed by atoms with van der Waals surface area (Å²) in [5, 5.41) is 11.3. The van der Waals surface area contributed by atoms with Crippen molar-refractivity contribution in [2.45, 2.75) is 77.2 Å². The highest BCUT2D eigenvalue weighted by Crippen LogP contribution is 2.44. The summed E-state index contributed by atoms with van der Waals surface area (Å²) in [6.07, 6.45) is 18.3. The van der Waals surface area contributed by atoms with Gasteiger partial charge in [-0.05, 0) is 75.5 Å². The zero-order chi connectivity index (χ0) is 20.0. The first-order chi connectivity index (χ1) is 14.2. The molecule has 0 N–H and O–H groups in total. The van der Waals surface area contributed by atoms with Crippen LogP contribution in [-0.4, -0.2) is 9.55 Å². The standard InChI is InChI=1S/C26H29N3/c1-17-6-5-7-18(2)22(13-10-17)25-24(15-27)23-14-20(19-11-12-19)16-28-26(23)29(25)21-8-3-4-9-21/h6,10,13-14,16,19,21H,3-5,7-9,11-12H2,1-2H3. The number of pyridine rings is 1. The Bertz CT molecular complexity index is 1090. The number of rotatable bonds is 3. The molecular formula is C26H29N3. The molecule has 2 aromatic heterocycles. The van der Waals surface area contributed by atoms with Gasteiger partial charge in [0.2, 0.25) is 0 Å². The Morgan fingerprint density at radius 1 is 1.10 bits per heavy atom. The first kappa shape index (κ1) is 18.4. The Morgan fingerprint density at radius 3 is 2.62 bits per heavy atom. The van der Waals surface area contributed by atoms with Crippen LogP contribution in [0.4, 0.5) is 0 Å². The Labute approximate surface area is 173 Å². The Kier molecular flexibility index (Phi) is 4.66. The molecule has 3 aliphatic carbocycles. The maximum Gasteiger partial charge on any atom is 0.141 e. The molecular weight excluding hydrogens is 354 g/mol. The van der Waals surface area contributed by atoms with Crippen molar-refractivity contribution in [2.75, 3.05) is 0 Å². The van der Waals surface area contributed by atoms with Gasteiger partial charge in [0, 0.05) is 17.6 Å². The summed E-state index contributed by atoms with van der Waals surface area (Å²) in [6.45, 7) is 4.39. The number of fused-ring (bicyclic) bond motifs is 1. The van der Waals surface area contributed by atoms with Crippen molar-refractivity contribution in [1.29, 1.82) is 5.26 Å². The van der Waals surface area contributed by atoms with Gasteiger partial charge in [0.25, 0.3) is 0 Å². The molecule has 0 amide bonds. The lowest BCUT2D eigenvalue weighted by Crippen LogP contribution is -2.10. The number of hydrogen-bond acceptors (Lipinski definition) is 2. The first-order valence-electron chi connectivity index (χ1n) is 11.2. The minimum atomic E-state index is 0.449. The van der Waals surface area contributed by atoms with Crippen molar-refractivity contribution in [3.63, 3.8) is 0 Å². The van der Waals surface area contributed by atoms with Crippen LogP contribution in [0.2, 0.25) is 0 Å². The largest absolute Gasteiger partial charge is 0.321 e. The normalized spacial score (nSPS) is 20.7. The van der Waals surface area contributed by atoms with Crippen LogP contribution in [0.3, 0.4) is 0 Å². The third kappa shape index (κ3) is 3.25. The number of nitriles is 1. The van der Waals surface area contributed by atoms with E-state index in [4.69, 9.17) is 4.98 Å². The fraction of sp³-hybridized carbons (Fsp3) is 0.462. The molecule has 3 heteroatoms. The predicted octanol–water partition coefficient (Wildman–Crippen LogP) is 6.97. The van der Waals surface area contributed by atoms with Gasteiger partial charge in [-0.15, -0.1) is 0 Å². The quantitative estimate of drug-likeness (QED) is 0.574. The van der Waals surface area contributed by atoms with Crippen LogP contribution in [0.25, 0.3) is 16.6 Å². The van der Waals surface area contributed by atoms with Crippen molar-refractivity contribution >= 4 is 16.6 Å². The van der Waals surface area contributed by atoms with E-state index in [1.807, 2.05) is 0 Å². The lowest BCUT2D eigenvalue weighted by Gasteiger charge is -2.20. The summed E-state index contributed by atoms with van der Waals surface area (Å²) in [5.41, 5.74) is 8.14. The second kappa shape index (κ2) is 7.34. The van der Waals surface area contributed by atoms with E-state index in [9.17, 15) is 5.26 Å². The average Bonchev–Trinajstić information content (AvgIpc) is 3.33. The minimum Gasteiger partial charge on any atom is -0.321 e. The molecule has 0 aromatic carbocycles. The molecule has 2 fully saturated rings. The molecule has 2 aromatic rings. The van der Waals surface area contributed by atoms with Crippen LogP contribution in [0.5, 0.6) is 0 Å². The highest BCUT2D eigenvalue weighted by atomic mass is 15.1. The minimum absolute atomic E-state index is 0.449. The van der Waals surface area contributed by atoms with E-state index < -0.39 is 0 Å². The molecule has 0 radical (unpaired) electrons. The summed E-state index contributed by atoms with van der Waals surface area (Å²) in [7, 11) is 0. The van der Waals surface area contributed by atoms with Gasteiger partial charge in [-0.3, -0.25) is 0 Å². The first-order valence-corrected chi connectivity index (χ1v) is 11.2. The Balaban J connectivity index is 1.79. The summed E-state index contributed by atoms with van der Waals surface area (Å²) >= 11 is 0. The maximum absolute atomic E-state index is 10.3. The predicted molar refractivity (Wildman–Crippen MR) is 119 cm³/mol. The van der Waals surface area contributed by atoms with Gasteiger partial charge in [-0.2, -0.15) is 5.26 Å². The van der Waals surface area contributed by atoms with E-state index in [1.54, 1.807) is 0 Å². The molecule has 2 saturated carbocycles. The Hall–Kier alpha value is -2.60. The molecule has 29 heavy (non-hydrogen) atoms. The second-order valence-corrected chi connectivity index (χ2v) is 9.07. The van der Waals surface area contributed by atoms with Crippen LogP contribution >= 0.6 is 0 Å². The summed E-state index contributed by atoms with van der Waals surface area (Å²) in [6, 6.07) is 5.30. The van der Waals surface area contributed by atoms with Gasteiger partial charge in [-0.25, -0.2) is 4.98 Å². The third-order valence-corrected chi connectivity index (χ3v) is 6.93. The van der Waals surface area contributed by atoms with E-state index in [2.05, 4.69) is 55.0 Å². The molecule has 0 atom stereocenters. The molecule has 0 spiro atoms. The molecule has 3 nitrogen and oxygen atoms in total. The lowest BCUT2D eigenvalue weighted by atomic mass is 9.95. The van der Waals surface area contributed by atoms with Gasteiger partial charge in [-0.1, -0.05) is 42.2 Å². The summed E-state index contributed by atoms with van der Waals surface area (Å²) in [4.78, 5) is 4.95. The molecule has 0 unspecified atom stereocenters. The Morgan fingerprint density at radius 2 is 1.90 bits per heavy atom. The van der Waals surface area contributed by atoms with Crippen LogP contribution < -0.4 is 0 Å². The molecule has 3 aliphatic rings. The van der Waals surface area contributed by atoms with E-state index in [1.165, 1.54) is 60.8 Å². The van der Waals surface area contributed by atoms with E-state index in [0.717, 1.165) is 35.1 Å². The number of nitrogens with zero attached hydrogens (tertiary/aromatic N) is 3. The van der Waals surface area contributed by atoms with Crippen LogP contribution in [0, 0.1) is 11.3 Å². The van der Waals surface area contributed by atoms with E-state index in [0.29, 0.717) is 12.0 Å². The van der Waals surface area contributed by atoms with Crippen LogP contribution in [0.1, 0.15) is 94.0 Å². The fourth-order valence-electron chi connectivity index (χ4n) is 5.10. The van der Waals surface area contributed by atoms with Crippen molar-refractivity contribution < 1.29 is 0 Å². The van der Waals surface area contributed by atoms with Gasteiger partial charge < -0.3 is 4.57 Å². The summed E-state index contributed by atoms with van der Waals surface area (Å²) in [5.74, 6) is 0.645. The van der Waals surface area contributed by atoms with Crippen molar-refractivity contribution in [1.82, 2.24) is 9.55 Å². The highest BCUT2D eigenvalue weighted by molar-refractivity contribution is 5.93. The molecule has 148 valence electrons. The molecule has 0 bridgehead atoms. The van der Waals surface area contributed by atoms with E-state index in [-0.39, 0.29) is 0 Å². The van der Waals surface area contributed by atoms with Crippen molar-refractivity contribution in [2.24, 2.45) is 0 Å². The van der Waals surface area contributed by atoms with Gasteiger partial charge >= 0.3 is 0 Å². The second-order valence-electron chi connectivity index (χ2n) is 9.07. The van der Waals surface area contributed by atoms with Gasteiger partial charge in [0.15, 0.2) is 0 Å². The van der Waals surface area contributed by atoms with Gasteiger partial charge in [0.1, 0.15) is 11.7 Å². The smallest absolute Gasteiger partial charge is 0.141 e. The highest BCUT2D eigenvalue weighted by Gasteiger charge is 2.30. The molecule has 5 rings (SSSR count). The van der Waals surface area contributed by atoms with Gasteiger partial charge in [0.05, 0.1) is 11.3 Å². The average molecular weight is 384 g/mol. The maximum atomic E-state index is 10.3. The fourth-order valence-corrected chi connectivity index (χ4v) is 5.10. The zero-order valence-corrected chi connectivity index (χ0v) is 17.5. The lowest BCUT2D eigenvalue weighted by molar-refractivity contribution is 0.528. The van der Waals surface area contributed by atoms with Crippen LogP contribution in [-0.2, 0) is 0 Å². The van der Waals surface area contributed by atoms with Crippen molar-refractivity contribution in [3.8, 4) is 6.07 Å². The number of allylic oxidation sites excluding steroid dienone is 6. The molecule has 2 heterocycles. The number of aromatic nitrogens is 2. The monoisotopic (exact) mass is 383 g/mol. The molecule has 0 aliphatic heterocycles. The van der Waals surface area contributed by atoms with Crippen LogP contribution in [0.15, 0.2) is 41.6 Å². The van der Waals surface area contributed by atoms with Crippen molar-refractivity contribution in [3.05, 3.63) is 58.5 Å². The summed E-state index contributed by atoms with van der Waals surface area (Å²) < 4.78 is 2.43. The van der Waals surface area contributed by atoms with E-state index >= 15 is 0 Å². The molecule has 0 saturated heterocycles. The SMILES string of the molecule is CC1=CCCC(C)=C(c2c(C#N)c3cc(C4CC4)cnc3n2C2CCCC2)C=C1. The number of hydrogen-bond donors (Lipinski definition) is 0. The topological polar surface area (TPSA) is 41.6 Å². The third-order valence-electron chi connectivity index (χ3n) is 6.93.